The van der Waals surface area contributed by atoms with E-state index in [1.54, 1.807) is 7.11 Å². The third kappa shape index (κ3) is 6.72. The third-order valence-electron chi connectivity index (χ3n) is 4.93. The Labute approximate surface area is 189 Å². The number of rotatable bonds is 8. The van der Waals surface area contributed by atoms with Crippen LogP contribution in [0.3, 0.4) is 0 Å². The molecular weight excluding hydrogens is 483 g/mol. The molecule has 1 unspecified atom stereocenters. The van der Waals surface area contributed by atoms with Gasteiger partial charge >= 0.3 is 0 Å². The van der Waals surface area contributed by atoms with Crippen LogP contribution in [0, 0.1) is 0 Å². The third-order valence-corrected chi connectivity index (χ3v) is 5.91. The van der Waals surface area contributed by atoms with E-state index in [2.05, 4.69) is 62.3 Å². The SMILES string of the molecule is CN=C(NCc1ccc(COC)cc1)NCC(c1cccs1)N1CCCC1.I. The van der Waals surface area contributed by atoms with Crippen LogP contribution < -0.4 is 10.6 Å². The molecule has 1 aliphatic heterocycles. The van der Waals surface area contributed by atoms with Crippen LogP contribution in [0.5, 0.6) is 0 Å². The maximum Gasteiger partial charge on any atom is 0.191 e. The van der Waals surface area contributed by atoms with E-state index in [-0.39, 0.29) is 24.0 Å². The van der Waals surface area contributed by atoms with Gasteiger partial charge < -0.3 is 15.4 Å². The van der Waals surface area contributed by atoms with Crippen LogP contribution >= 0.6 is 35.3 Å². The van der Waals surface area contributed by atoms with E-state index in [0.717, 1.165) is 19.0 Å². The van der Waals surface area contributed by atoms with Crippen molar-refractivity contribution >= 4 is 41.3 Å². The second-order valence-corrected chi connectivity index (χ2v) is 7.81. The first kappa shape index (κ1) is 23.1. The number of aliphatic imine (C=N–C) groups is 1. The fourth-order valence-corrected chi connectivity index (χ4v) is 4.32. The number of hydrogen-bond acceptors (Lipinski definition) is 4. The van der Waals surface area contributed by atoms with Gasteiger partial charge in [-0.05, 0) is 48.5 Å². The van der Waals surface area contributed by atoms with Crippen LogP contribution in [0.4, 0.5) is 0 Å². The predicted molar refractivity (Wildman–Crippen MR) is 129 cm³/mol. The molecule has 1 aliphatic rings. The number of ether oxygens (including phenoxy) is 1. The number of guanidine groups is 1. The lowest BCUT2D eigenvalue weighted by Crippen LogP contribution is -2.42. The summed E-state index contributed by atoms with van der Waals surface area (Å²) in [4.78, 5) is 8.40. The molecule has 1 saturated heterocycles. The number of nitrogens with one attached hydrogen (secondary N) is 2. The molecule has 7 heteroatoms. The highest BCUT2D eigenvalue weighted by atomic mass is 127. The largest absolute Gasteiger partial charge is 0.380 e. The van der Waals surface area contributed by atoms with E-state index in [1.165, 1.54) is 41.9 Å². The Hall–Kier alpha value is -1.16. The van der Waals surface area contributed by atoms with Gasteiger partial charge in [0.1, 0.15) is 0 Å². The van der Waals surface area contributed by atoms with Crippen molar-refractivity contribution in [1.82, 2.24) is 15.5 Å². The molecule has 2 aromatic rings. The Balaban J connectivity index is 0.00000280. The number of thiophene rings is 1. The summed E-state index contributed by atoms with van der Waals surface area (Å²) in [6.45, 7) is 4.64. The van der Waals surface area contributed by atoms with E-state index in [4.69, 9.17) is 4.74 Å². The first-order chi connectivity index (χ1) is 13.3. The fraction of sp³-hybridized carbons (Fsp3) is 0.476. The van der Waals surface area contributed by atoms with Crippen molar-refractivity contribution in [2.45, 2.75) is 32.0 Å². The summed E-state index contributed by atoms with van der Waals surface area (Å²) in [7, 11) is 3.55. The topological polar surface area (TPSA) is 48.9 Å². The van der Waals surface area contributed by atoms with Crippen molar-refractivity contribution in [3.63, 3.8) is 0 Å². The van der Waals surface area contributed by atoms with Crippen molar-refractivity contribution in [2.24, 2.45) is 4.99 Å². The van der Waals surface area contributed by atoms with Crippen LogP contribution in [0.15, 0.2) is 46.8 Å². The summed E-state index contributed by atoms with van der Waals surface area (Å²) in [6.07, 6.45) is 2.60. The van der Waals surface area contributed by atoms with Crippen molar-refractivity contribution in [3.8, 4) is 0 Å². The van der Waals surface area contributed by atoms with Gasteiger partial charge in [-0.3, -0.25) is 9.89 Å². The number of halogens is 1. The zero-order valence-corrected chi connectivity index (χ0v) is 19.8. The van der Waals surface area contributed by atoms with E-state index >= 15 is 0 Å². The minimum absolute atomic E-state index is 0. The molecule has 0 aliphatic carbocycles. The lowest BCUT2D eigenvalue weighted by atomic mass is 10.1. The minimum Gasteiger partial charge on any atom is -0.380 e. The zero-order valence-electron chi connectivity index (χ0n) is 16.7. The predicted octanol–water partition coefficient (Wildman–Crippen LogP) is 4.01. The normalized spacial score (nSPS) is 15.9. The summed E-state index contributed by atoms with van der Waals surface area (Å²) in [5.41, 5.74) is 2.42. The molecule has 0 radical (unpaired) electrons. The number of nitrogens with zero attached hydrogens (tertiary/aromatic N) is 2. The van der Waals surface area contributed by atoms with E-state index in [9.17, 15) is 0 Å². The molecule has 1 fully saturated rings. The Morgan fingerprint density at radius 3 is 2.46 bits per heavy atom. The molecule has 0 bridgehead atoms. The van der Waals surface area contributed by atoms with Crippen LogP contribution in [0.25, 0.3) is 0 Å². The van der Waals surface area contributed by atoms with Crippen LogP contribution in [0.2, 0.25) is 0 Å². The van der Waals surface area contributed by atoms with Crippen LogP contribution in [-0.4, -0.2) is 44.7 Å². The first-order valence-corrected chi connectivity index (χ1v) is 10.5. The molecule has 1 aromatic carbocycles. The lowest BCUT2D eigenvalue weighted by Gasteiger charge is -2.27. The summed E-state index contributed by atoms with van der Waals surface area (Å²) in [6, 6.07) is 13.3. The van der Waals surface area contributed by atoms with Gasteiger partial charge in [-0.2, -0.15) is 0 Å². The summed E-state index contributed by atoms with van der Waals surface area (Å²) in [5.74, 6) is 0.844. The van der Waals surface area contributed by atoms with Crippen LogP contribution in [0.1, 0.15) is 34.9 Å². The molecule has 2 N–H and O–H groups in total. The van der Waals surface area contributed by atoms with Gasteiger partial charge in [0.2, 0.25) is 0 Å². The van der Waals surface area contributed by atoms with Gasteiger partial charge in [-0.25, -0.2) is 0 Å². The number of benzene rings is 1. The minimum atomic E-state index is 0. The van der Waals surface area contributed by atoms with Crippen molar-refractivity contribution < 1.29 is 4.74 Å². The molecule has 28 heavy (non-hydrogen) atoms. The highest BCUT2D eigenvalue weighted by molar-refractivity contribution is 14.0. The van der Waals surface area contributed by atoms with Gasteiger partial charge in [0, 0.05) is 32.1 Å². The molecule has 1 atom stereocenters. The second-order valence-electron chi connectivity index (χ2n) is 6.83. The van der Waals surface area contributed by atoms with Crippen LogP contribution in [-0.2, 0) is 17.9 Å². The second kappa shape index (κ2) is 12.4. The van der Waals surface area contributed by atoms with Gasteiger partial charge in [0.15, 0.2) is 5.96 Å². The quantitative estimate of drug-likeness (QED) is 0.318. The standard InChI is InChI=1S/C21H30N4OS.HI/c1-22-21(23-14-17-7-9-18(10-8-17)16-26-2)24-15-19(20-6-5-13-27-20)25-11-3-4-12-25;/h5-10,13,19H,3-4,11-12,14-16H2,1-2H3,(H2,22,23,24);1H. The van der Waals surface area contributed by atoms with Gasteiger partial charge in [-0.15, -0.1) is 35.3 Å². The average Bonchev–Trinajstić information content (AvgIpc) is 3.40. The van der Waals surface area contributed by atoms with Gasteiger partial charge in [-0.1, -0.05) is 30.3 Å². The summed E-state index contributed by atoms with van der Waals surface area (Å²) >= 11 is 1.84. The molecule has 154 valence electrons. The molecule has 0 saturated carbocycles. The van der Waals surface area contributed by atoms with Gasteiger partial charge in [0.05, 0.1) is 12.6 Å². The summed E-state index contributed by atoms with van der Waals surface area (Å²) in [5, 5.41) is 9.11. The number of hydrogen-bond donors (Lipinski definition) is 2. The molecule has 0 amide bonds. The average molecular weight is 514 g/mol. The number of likely N-dealkylation sites (tertiary alicyclic amines) is 1. The molecular formula is C21H31IN4OS. The molecule has 1 aromatic heterocycles. The van der Waals surface area contributed by atoms with E-state index < -0.39 is 0 Å². The van der Waals surface area contributed by atoms with Crippen molar-refractivity contribution in [1.29, 1.82) is 0 Å². The van der Waals surface area contributed by atoms with E-state index in [1.807, 2.05) is 18.4 Å². The zero-order chi connectivity index (χ0) is 18.9. The molecule has 2 heterocycles. The summed E-state index contributed by atoms with van der Waals surface area (Å²) < 4.78 is 5.16. The lowest BCUT2D eigenvalue weighted by molar-refractivity contribution is 0.185. The fourth-order valence-electron chi connectivity index (χ4n) is 3.46. The smallest absolute Gasteiger partial charge is 0.191 e. The van der Waals surface area contributed by atoms with Crippen molar-refractivity contribution in [2.75, 3.05) is 33.8 Å². The highest BCUT2D eigenvalue weighted by Gasteiger charge is 2.24. The first-order valence-electron chi connectivity index (χ1n) is 9.59. The van der Waals surface area contributed by atoms with Crippen molar-refractivity contribution in [3.05, 3.63) is 57.8 Å². The molecule has 3 rings (SSSR count). The maximum absolute atomic E-state index is 5.16. The highest BCUT2D eigenvalue weighted by Crippen LogP contribution is 2.27. The molecule has 0 spiro atoms. The Morgan fingerprint density at radius 2 is 1.86 bits per heavy atom. The molecule has 5 nitrogen and oxygen atoms in total. The number of methoxy groups -OCH3 is 1. The maximum atomic E-state index is 5.16. The monoisotopic (exact) mass is 514 g/mol. The Morgan fingerprint density at radius 1 is 1.14 bits per heavy atom. The Bertz CT molecular complexity index is 700. The van der Waals surface area contributed by atoms with E-state index in [0.29, 0.717) is 12.6 Å². The Kier molecular flexibility index (Phi) is 10.3. The van der Waals surface area contributed by atoms with Gasteiger partial charge in [0.25, 0.3) is 0 Å².